The highest BCUT2D eigenvalue weighted by Gasteiger charge is 2.40. The molecule has 0 aromatic heterocycles. The number of phenols is 3. The van der Waals surface area contributed by atoms with E-state index in [1.165, 1.54) is 25.1 Å². The van der Waals surface area contributed by atoms with Crippen molar-refractivity contribution in [1.29, 1.82) is 0 Å². The first-order valence-corrected chi connectivity index (χ1v) is 30.6. The summed E-state index contributed by atoms with van der Waals surface area (Å²) >= 11 is 0. The molecule has 482 valence electrons. The molecule has 13 heteroatoms. The quantitative estimate of drug-likeness (QED) is 0.0259. The van der Waals surface area contributed by atoms with E-state index in [1.54, 1.807) is 74.7 Å². The van der Waals surface area contributed by atoms with Crippen molar-refractivity contribution in [3.63, 3.8) is 0 Å². The molecular weight excluding hydrogens is 1160 g/mol. The van der Waals surface area contributed by atoms with Gasteiger partial charge in [0.25, 0.3) is 0 Å². The van der Waals surface area contributed by atoms with Gasteiger partial charge in [-0.25, -0.2) is 0 Å². The molecule has 2 atom stereocenters. The summed E-state index contributed by atoms with van der Waals surface area (Å²) in [5.41, 5.74) is 11.2. The molecular formula is C79H88O13. The Labute approximate surface area is 543 Å². The summed E-state index contributed by atoms with van der Waals surface area (Å²) in [6, 6.07) is 23.4. The van der Waals surface area contributed by atoms with E-state index in [0.29, 0.717) is 35.5 Å². The second-order valence-corrected chi connectivity index (χ2v) is 24.4. The van der Waals surface area contributed by atoms with E-state index in [4.69, 9.17) is 18.9 Å². The Morgan fingerprint density at radius 1 is 0.457 bits per heavy atom. The van der Waals surface area contributed by atoms with E-state index in [2.05, 4.69) is 38.2 Å². The number of aryl methyl sites for hydroxylation is 1. The van der Waals surface area contributed by atoms with Crippen LogP contribution in [-0.4, -0.2) is 69.9 Å². The molecule has 3 N–H and O–H groups in total. The van der Waals surface area contributed by atoms with Crippen LogP contribution in [0.1, 0.15) is 143 Å². The zero-order valence-corrected chi connectivity index (χ0v) is 55.3. The van der Waals surface area contributed by atoms with Gasteiger partial charge in [-0.1, -0.05) is 190 Å². The van der Waals surface area contributed by atoms with Crippen molar-refractivity contribution >= 4 is 59.6 Å². The minimum Gasteiger partial charge on any atom is -0.508 e. The summed E-state index contributed by atoms with van der Waals surface area (Å²) in [6.45, 7) is 23.5. The highest BCUT2D eigenvalue weighted by atomic mass is 16.6. The van der Waals surface area contributed by atoms with Crippen LogP contribution in [0, 0.1) is 17.8 Å². The number of hydrogen-bond donors (Lipinski definition) is 3. The number of Topliss-reactive ketones (excluding diaryl/α,β-unsaturated/α-hetero) is 3. The highest BCUT2D eigenvalue weighted by Crippen LogP contribution is 2.42. The summed E-state index contributed by atoms with van der Waals surface area (Å²) in [4.78, 5) is 73.8. The third kappa shape index (κ3) is 24.6. The Hall–Kier alpha value is -9.72. The fourth-order valence-corrected chi connectivity index (χ4v) is 10.2. The number of carbonyl (C=O) groups excluding carboxylic acids is 6. The van der Waals surface area contributed by atoms with Gasteiger partial charge in [0.1, 0.15) is 40.6 Å². The van der Waals surface area contributed by atoms with E-state index in [-0.39, 0.29) is 71.8 Å². The summed E-state index contributed by atoms with van der Waals surface area (Å²) in [6.07, 6.45) is 35.1. The lowest BCUT2D eigenvalue weighted by Crippen LogP contribution is -2.39. The molecule has 2 aliphatic rings. The van der Waals surface area contributed by atoms with Crippen molar-refractivity contribution in [3.05, 3.63) is 242 Å². The lowest BCUT2D eigenvalue weighted by molar-refractivity contribution is -0.157. The Morgan fingerprint density at radius 3 is 1.26 bits per heavy atom. The number of benzene rings is 4. The van der Waals surface area contributed by atoms with Gasteiger partial charge in [-0.2, -0.15) is 0 Å². The molecule has 6 rings (SSSR count). The average molecular weight is 1250 g/mol. The molecule has 2 aliphatic carbocycles. The SMILES string of the molecule is CC(=O)CCC(=O)Oc1ccc(/C=C/c2cc(C)cc(O)c2)cc1.COC1CC(C)(C)C(/C=C/C(C)=C/C=C/C(C)=C/C=C/C=C(C)/C=C/C=C(C)/C=C/C2=C(C)C(=O)C(OC(=O)CCC(=O)Oc3ccc(/C=C/c4cc(O)cc(O)c4)cc3)CC2(C)C)=C(C)C1=O. The minimum absolute atomic E-state index is 0.0328. The molecule has 4 aromatic carbocycles. The minimum atomic E-state index is -0.948. The van der Waals surface area contributed by atoms with Crippen molar-refractivity contribution in [2.45, 2.75) is 134 Å². The number of esters is 3. The van der Waals surface area contributed by atoms with E-state index in [1.807, 2.05) is 147 Å². The fourth-order valence-electron chi connectivity index (χ4n) is 10.2. The molecule has 0 amide bonds. The lowest BCUT2D eigenvalue weighted by Gasteiger charge is -2.36. The Bertz CT molecular complexity index is 3720. The Balaban J connectivity index is 0.000000532. The molecule has 0 heterocycles. The second-order valence-electron chi connectivity index (χ2n) is 24.4. The number of aromatic hydroxyl groups is 3. The lowest BCUT2D eigenvalue weighted by atomic mass is 9.71. The molecule has 0 saturated carbocycles. The predicted octanol–water partition coefficient (Wildman–Crippen LogP) is 17.2. The standard InChI is InChI=1S/C59H68O9.C20H20O4/c1-39(18-14-20-41(3)22-30-50-43(5)56(64)52(66-11)37-58(50,7)8)16-12-13-17-40(2)19-15-21-42(4)23-31-51-44(6)57(65)53(38-59(51,9)10)68-55(63)33-32-54(62)67-49-28-26-45(27-29-49)24-25-46-34-47(60)36-48(61)35-46;1-14-11-17(13-18(22)12-14)5-4-16-6-8-19(9-7-16)24-20(23)10-3-15(2)21/h12-31,34-36,52-53,60-61H,32-33,37-38H2,1-11H3;4-9,11-13,22H,3,10H2,1-2H3/b13-12+,18-14+,19-15+,25-24+,30-22+,31-23+,39-16+,40-17+,41-20+,42-21+;5-4+. The fraction of sp³-hybridized carbons (Fsp3) is 0.291. The van der Waals surface area contributed by atoms with Gasteiger partial charge in [0, 0.05) is 26.0 Å². The third-order valence-corrected chi connectivity index (χ3v) is 15.2. The topological polar surface area (TPSA) is 200 Å². The molecule has 0 fully saturated rings. The maximum absolute atomic E-state index is 13.4. The van der Waals surface area contributed by atoms with Crippen LogP contribution in [0.5, 0.6) is 28.7 Å². The van der Waals surface area contributed by atoms with Crippen LogP contribution in [0.15, 0.2) is 215 Å². The maximum Gasteiger partial charge on any atom is 0.311 e. The first kappa shape index (κ1) is 73.0. The molecule has 0 spiro atoms. The summed E-state index contributed by atoms with van der Waals surface area (Å²) in [5.74, 6) is -0.986. The molecule has 4 aromatic rings. The van der Waals surface area contributed by atoms with Gasteiger partial charge in [-0.3, -0.25) is 24.0 Å². The number of rotatable bonds is 24. The monoisotopic (exact) mass is 1240 g/mol. The average Bonchev–Trinajstić information content (AvgIpc) is 0.802. The summed E-state index contributed by atoms with van der Waals surface area (Å²) < 4.78 is 21.6. The predicted molar refractivity (Wildman–Crippen MR) is 367 cm³/mol. The number of ether oxygens (including phenoxy) is 4. The van der Waals surface area contributed by atoms with Gasteiger partial charge < -0.3 is 39.1 Å². The molecule has 0 bridgehead atoms. The first-order chi connectivity index (χ1) is 43.5. The van der Waals surface area contributed by atoms with E-state index >= 15 is 0 Å². The molecule has 0 saturated heterocycles. The van der Waals surface area contributed by atoms with Crippen LogP contribution in [0.25, 0.3) is 24.3 Å². The van der Waals surface area contributed by atoms with Crippen LogP contribution in [0.2, 0.25) is 0 Å². The smallest absolute Gasteiger partial charge is 0.311 e. The number of methoxy groups -OCH3 is 1. The maximum atomic E-state index is 13.4. The van der Waals surface area contributed by atoms with Crippen LogP contribution in [0.4, 0.5) is 0 Å². The largest absolute Gasteiger partial charge is 0.508 e. The normalized spacial score (nSPS) is 17.5. The van der Waals surface area contributed by atoms with Gasteiger partial charge in [0.05, 0.1) is 19.3 Å². The molecule has 92 heavy (non-hydrogen) atoms. The number of hydrogen-bond acceptors (Lipinski definition) is 13. The zero-order chi connectivity index (χ0) is 67.7. The number of ketones is 3. The van der Waals surface area contributed by atoms with Crippen LogP contribution < -0.4 is 9.47 Å². The van der Waals surface area contributed by atoms with Gasteiger partial charge in [0.15, 0.2) is 17.7 Å². The molecule has 0 radical (unpaired) electrons. The van der Waals surface area contributed by atoms with Crippen LogP contribution in [0.3, 0.4) is 0 Å². The van der Waals surface area contributed by atoms with Crippen LogP contribution >= 0.6 is 0 Å². The highest BCUT2D eigenvalue weighted by molar-refractivity contribution is 6.02. The van der Waals surface area contributed by atoms with Crippen molar-refractivity contribution in [1.82, 2.24) is 0 Å². The Kier molecular flexibility index (Phi) is 27.8. The van der Waals surface area contributed by atoms with Gasteiger partial charge in [0.2, 0.25) is 0 Å². The Morgan fingerprint density at radius 2 is 0.826 bits per heavy atom. The first-order valence-electron chi connectivity index (χ1n) is 30.6. The molecule has 2 unspecified atom stereocenters. The van der Waals surface area contributed by atoms with Crippen molar-refractivity contribution in [3.8, 4) is 28.7 Å². The van der Waals surface area contributed by atoms with E-state index in [0.717, 1.165) is 61.3 Å². The van der Waals surface area contributed by atoms with Crippen molar-refractivity contribution < 1.29 is 63.0 Å². The summed E-state index contributed by atoms with van der Waals surface area (Å²) in [7, 11) is 1.60. The summed E-state index contributed by atoms with van der Waals surface area (Å²) in [5, 5.41) is 28.9. The third-order valence-electron chi connectivity index (χ3n) is 15.2. The van der Waals surface area contributed by atoms with E-state index < -0.39 is 29.4 Å². The molecule has 0 aliphatic heterocycles. The van der Waals surface area contributed by atoms with Crippen LogP contribution in [-0.2, 0) is 38.2 Å². The van der Waals surface area contributed by atoms with Crippen molar-refractivity contribution in [2.24, 2.45) is 10.8 Å². The van der Waals surface area contributed by atoms with Gasteiger partial charge in [-0.15, -0.1) is 0 Å². The second kappa shape index (κ2) is 35.0. The number of allylic oxidation sites excluding steroid dienone is 20. The van der Waals surface area contributed by atoms with Gasteiger partial charge >= 0.3 is 17.9 Å². The molecule has 13 nitrogen and oxygen atoms in total. The van der Waals surface area contributed by atoms with Gasteiger partial charge in [-0.05, 0) is 171 Å². The number of carbonyl (C=O) groups is 6. The zero-order valence-electron chi connectivity index (χ0n) is 55.3. The number of phenolic OH excluding ortho intramolecular Hbond substituents is 3. The van der Waals surface area contributed by atoms with E-state index in [9.17, 15) is 44.1 Å². The van der Waals surface area contributed by atoms with Crippen molar-refractivity contribution in [2.75, 3.05) is 7.11 Å².